The third kappa shape index (κ3) is 5.02. The Morgan fingerprint density at radius 2 is 1.69 bits per heavy atom. The predicted octanol–water partition coefficient (Wildman–Crippen LogP) is 2.59. The van der Waals surface area contributed by atoms with Crippen molar-refractivity contribution in [3.63, 3.8) is 0 Å². The normalized spacial score (nSPS) is 19.6. The Kier molecular flexibility index (Phi) is 6.04. The first-order valence-electron chi connectivity index (χ1n) is 9.30. The Labute approximate surface area is 170 Å². The van der Waals surface area contributed by atoms with E-state index in [0.717, 1.165) is 6.26 Å². The fourth-order valence-electron chi connectivity index (χ4n) is 3.36. The summed E-state index contributed by atoms with van der Waals surface area (Å²) in [6.07, 6.45) is 0.953. The van der Waals surface area contributed by atoms with Crippen LogP contribution in [0.25, 0.3) is 0 Å². The van der Waals surface area contributed by atoms with E-state index >= 15 is 0 Å². The summed E-state index contributed by atoms with van der Waals surface area (Å²) in [5.41, 5.74) is 0.948. The molecule has 0 bridgehead atoms. The van der Waals surface area contributed by atoms with Crippen molar-refractivity contribution in [1.29, 1.82) is 0 Å². The van der Waals surface area contributed by atoms with Gasteiger partial charge in [0, 0.05) is 24.9 Å². The highest BCUT2D eigenvalue weighted by Gasteiger charge is 2.28. The van der Waals surface area contributed by atoms with Crippen molar-refractivity contribution in [2.24, 2.45) is 0 Å². The van der Waals surface area contributed by atoms with E-state index in [4.69, 9.17) is 4.74 Å². The number of nitrogens with one attached hydrogen (secondary N) is 1. The smallest absolute Gasteiger partial charge is 0.256 e. The van der Waals surface area contributed by atoms with Gasteiger partial charge in [-0.15, -0.1) is 0 Å². The van der Waals surface area contributed by atoms with Crippen molar-refractivity contribution in [1.82, 2.24) is 4.90 Å². The monoisotopic (exact) mass is 416 g/mol. The number of benzene rings is 2. The molecule has 0 aliphatic carbocycles. The Hall–Kier alpha value is -2.71. The molecule has 2 aromatic carbocycles. The van der Waals surface area contributed by atoms with Gasteiger partial charge in [0.1, 0.15) is 0 Å². The van der Waals surface area contributed by atoms with E-state index in [2.05, 4.69) is 5.32 Å². The number of amides is 2. The molecule has 7 nitrogen and oxygen atoms in total. The zero-order chi connectivity index (χ0) is 21.2. The summed E-state index contributed by atoms with van der Waals surface area (Å²) in [5, 5.41) is 2.74. The van der Waals surface area contributed by atoms with Crippen molar-refractivity contribution in [3.05, 3.63) is 59.7 Å². The fraction of sp³-hybridized carbons (Fsp3) is 0.333. The minimum Gasteiger partial charge on any atom is -0.372 e. The molecule has 1 aliphatic heterocycles. The summed E-state index contributed by atoms with van der Waals surface area (Å²) in [6, 6.07) is 12.6. The number of sulfone groups is 1. The first-order valence-corrected chi connectivity index (χ1v) is 11.2. The quantitative estimate of drug-likeness (QED) is 0.827. The van der Waals surface area contributed by atoms with E-state index in [-0.39, 0.29) is 28.6 Å². The molecule has 8 heteroatoms. The number of ether oxygens (including phenoxy) is 1. The second-order valence-corrected chi connectivity index (χ2v) is 9.28. The van der Waals surface area contributed by atoms with Crippen molar-refractivity contribution in [2.75, 3.05) is 24.7 Å². The number of carbonyl (C=O) groups is 2. The SMILES string of the molecule is C[C@@H]1CN(C(=O)c2ccccc2NC(=O)c2cccc(S(C)(=O)=O)c2)C[C@H](C)O1. The molecule has 3 rings (SSSR count). The largest absolute Gasteiger partial charge is 0.372 e. The van der Waals surface area contributed by atoms with Crippen LogP contribution in [0, 0.1) is 0 Å². The van der Waals surface area contributed by atoms with Crippen LogP contribution in [-0.2, 0) is 14.6 Å². The standard InChI is InChI=1S/C21H24N2O5S/c1-14-12-23(13-15(2)28-14)21(25)18-9-4-5-10-19(18)22-20(24)16-7-6-8-17(11-16)29(3,26)27/h4-11,14-15H,12-13H2,1-3H3,(H,22,24)/t14-,15+. The van der Waals surface area contributed by atoms with Crippen LogP contribution in [0.2, 0.25) is 0 Å². The highest BCUT2D eigenvalue weighted by molar-refractivity contribution is 7.90. The molecule has 2 aromatic rings. The van der Waals surface area contributed by atoms with E-state index in [1.807, 2.05) is 13.8 Å². The molecule has 154 valence electrons. The van der Waals surface area contributed by atoms with Crippen molar-refractivity contribution in [2.45, 2.75) is 31.0 Å². The van der Waals surface area contributed by atoms with Gasteiger partial charge in [0.05, 0.1) is 28.4 Å². The first kappa shape index (κ1) is 21.0. The lowest BCUT2D eigenvalue weighted by Crippen LogP contribution is -2.48. The van der Waals surface area contributed by atoms with Gasteiger partial charge in [0.2, 0.25) is 0 Å². The lowest BCUT2D eigenvalue weighted by molar-refractivity contribution is -0.0585. The van der Waals surface area contributed by atoms with Gasteiger partial charge in [-0.3, -0.25) is 9.59 Å². The lowest BCUT2D eigenvalue weighted by atomic mass is 10.1. The third-order valence-corrected chi connectivity index (χ3v) is 5.75. The third-order valence-electron chi connectivity index (χ3n) is 4.64. The molecule has 0 unspecified atom stereocenters. The average Bonchev–Trinajstić information content (AvgIpc) is 2.66. The topological polar surface area (TPSA) is 92.8 Å². The number of anilines is 1. The van der Waals surface area contributed by atoms with E-state index in [1.54, 1.807) is 29.2 Å². The summed E-state index contributed by atoms with van der Waals surface area (Å²) in [7, 11) is -3.43. The van der Waals surface area contributed by atoms with Gasteiger partial charge in [-0.2, -0.15) is 0 Å². The van der Waals surface area contributed by atoms with Gasteiger partial charge in [-0.05, 0) is 44.2 Å². The number of hydrogen-bond donors (Lipinski definition) is 1. The second kappa shape index (κ2) is 8.34. The van der Waals surface area contributed by atoms with Crippen LogP contribution in [-0.4, -0.2) is 56.7 Å². The summed E-state index contributed by atoms with van der Waals surface area (Å²) in [6.45, 7) is 4.78. The molecular weight excluding hydrogens is 392 g/mol. The van der Waals surface area contributed by atoms with Gasteiger partial charge >= 0.3 is 0 Å². The number of morpholine rings is 1. The maximum absolute atomic E-state index is 13.1. The van der Waals surface area contributed by atoms with Crippen LogP contribution in [0.3, 0.4) is 0 Å². The molecule has 0 radical (unpaired) electrons. The summed E-state index contributed by atoms with van der Waals surface area (Å²) >= 11 is 0. The van der Waals surface area contributed by atoms with E-state index in [9.17, 15) is 18.0 Å². The van der Waals surface area contributed by atoms with Gasteiger partial charge in [0.15, 0.2) is 9.84 Å². The Morgan fingerprint density at radius 1 is 1.03 bits per heavy atom. The van der Waals surface area contributed by atoms with E-state index < -0.39 is 15.7 Å². The minimum atomic E-state index is -3.43. The number of carbonyl (C=O) groups excluding carboxylic acids is 2. The number of hydrogen-bond acceptors (Lipinski definition) is 5. The Morgan fingerprint density at radius 3 is 2.34 bits per heavy atom. The van der Waals surface area contributed by atoms with Gasteiger partial charge in [-0.25, -0.2) is 8.42 Å². The predicted molar refractivity (Wildman–Crippen MR) is 110 cm³/mol. The molecule has 1 heterocycles. The van der Waals surface area contributed by atoms with Crippen LogP contribution < -0.4 is 5.32 Å². The van der Waals surface area contributed by atoms with Crippen LogP contribution >= 0.6 is 0 Å². The molecule has 1 saturated heterocycles. The van der Waals surface area contributed by atoms with E-state index in [1.165, 1.54) is 24.3 Å². The molecule has 1 fully saturated rings. The zero-order valence-electron chi connectivity index (χ0n) is 16.6. The fourth-order valence-corrected chi connectivity index (χ4v) is 4.02. The molecule has 29 heavy (non-hydrogen) atoms. The number of nitrogens with zero attached hydrogens (tertiary/aromatic N) is 1. The number of rotatable bonds is 4. The molecule has 0 saturated carbocycles. The highest BCUT2D eigenvalue weighted by atomic mass is 32.2. The highest BCUT2D eigenvalue weighted by Crippen LogP contribution is 2.21. The van der Waals surface area contributed by atoms with Crippen LogP contribution in [0.4, 0.5) is 5.69 Å². The summed E-state index contributed by atoms with van der Waals surface area (Å²) < 4.78 is 29.2. The summed E-state index contributed by atoms with van der Waals surface area (Å²) in [4.78, 5) is 27.5. The van der Waals surface area contributed by atoms with Crippen LogP contribution in [0.1, 0.15) is 34.6 Å². The van der Waals surface area contributed by atoms with Gasteiger partial charge < -0.3 is 15.0 Å². The van der Waals surface area contributed by atoms with Crippen LogP contribution in [0.5, 0.6) is 0 Å². The Bertz CT molecular complexity index is 1020. The number of para-hydroxylation sites is 1. The minimum absolute atomic E-state index is 0.0609. The molecule has 1 N–H and O–H groups in total. The average molecular weight is 416 g/mol. The second-order valence-electron chi connectivity index (χ2n) is 7.27. The molecule has 0 aromatic heterocycles. The zero-order valence-corrected chi connectivity index (χ0v) is 17.4. The summed E-state index contributed by atoms with van der Waals surface area (Å²) in [5.74, 6) is -0.674. The molecule has 2 amide bonds. The van der Waals surface area contributed by atoms with E-state index in [0.29, 0.717) is 24.3 Å². The van der Waals surface area contributed by atoms with Gasteiger partial charge in [-0.1, -0.05) is 18.2 Å². The Balaban J connectivity index is 1.84. The maximum atomic E-state index is 13.1. The molecule has 0 spiro atoms. The molecule has 2 atom stereocenters. The van der Waals surface area contributed by atoms with Crippen molar-refractivity contribution < 1.29 is 22.7 Å². The van der Waals surface area contributed by atoms with Gasteiger partial charge in [0.25, 0.3) is 11.8 Å². The maximum Gasteiger partial charge on any atom is 0.256 e. The van der Waals surface area contributed by atoms with Crippen LogP contribution in [0.15, 0.2) is 53.4 Å². The van der Waals surface area contributed by atoms with Crippen molar-refractivity contribution in [3.8, 4) is 0 Å². The first-order chi connectivity index (χ1) is 13.6. The molecular formula is C21H24N2O5S. The van der Waals surface area contributed by atoms with Crippen molar-refractivity contribution >= 4 is 27.3 Å². The lowest BCUT2D eigenvalue weighted by Gasteiger charge is -2.35. The molecule has 1 aliphatic rings.